The minimum absolute atomic E-state index is 0.0221. The molecule has 30 heavy (non-hydrogen) atoms. The van der Waals surface area contributed by atoms with Gasteiger partial charge in [-0.1, -0.05) is 25.5 Å². The van der Waals surface area contributed by atoms with Crippen molar-refractivity contribution in [1.29, 1.82) is 0 Å². The number of pyridine rings is 1. The van der Waals surface area contributed by atoms with Crippen molar-refractivity contribution in [1.82, 2.24) is 9.71 Å². The summed E-state index contributed by atoms with van der Waals surface area (Å²) in [4.78, 5) is 4.83. The van der Waals surface area contributed by atoms with Crippen molar-refractivity contribution < 1.29 is 17.9 Å². The Hall–Kier alpha value is -1.70. The first-order valence-corrected chi connectivity index (χ1v) is 12.7. The van der Waals surface area contributed by atoms with E-state index in [1.54, 1.807) is 6.92 Å². The summed E-state index contributed by atoms with van der Waals surface area (Å²) in [6, 6.07) is 8.09. The molecular weight excluding hydrogens is 400 g/mol. The van der Waals surface area contributed by atoms with Gasteiger partial charge in [-0.2, -0.15) is 0 Å². The number of hydrogen-bond donors (Lipinski definition) is 1. The molecule has 0 atom stereocenters. The van der Waals surface area contributed by atoms with E-state index in [0.717, 1.165) is 66.4 Å². The molecule has 1 saturated carbocycles. The SMILES string of the molecule is CCCCOc1c(C)c(COC2CCC(NS(=O)(=O)CC)CC2)nc2ccccc12. The lowest BCUT2D eigenvalue weighted by molar-refractivity contribution is 0.0110. The number of rotatable bonds is 10. The summed E-state index contributed by atoms with van der Waals surface area (Å²) in [6.07, 6.45) is 5.55. The van der Waals surface area contributed by atoms with Gasteiger partial charge in [0.05, 0.1) is 36.3 Å². The second kappa shape index (κ2) is 10.6. The predicted molar refractivity (Wildman–Crippen MR) is 120 cm³/mol. The minimum atomic E-state index is -3.15. The number of nitrogens with one attached hydrogen (secondary N) is 1. The van der Waals surface area contributed by atoms with Crippen LogP contribution >= 0.6 is 0 Å². The lowest BCUT2D eigenvalue weighted by Crippen LogP contribution is -2.39. The molecular formula is C23H34N2O4S. The normalized spacial score (nSPS) is 19.8. The number of benzene rings is 1. The molecule has 0 aliphatic heterocycles. The van der Waals surface area contributed by atoms with E-state index < -0.39 is 10.0 Å². The molecule has 0 bridgehead atoms. The van der Waals surface area contributed by atoms with Gasteiger partial charge in [-0.3, -0.25) is 0 Å². The fourth-order valence-electron chi connectivity index (χ4n) is 3.85. The largest absolute Gasteiger partial charge is 0.493 e. The first-order chi connectivity index (χ1) is 14.4. The Bertz CT molecular complexity index is 938. The van der Waals surface area contributed by atoms with Gasteiger partial charge in [-0.25, -0.2) is 18.1 Å². The van der Waals surface area contributed by atoms with Crippen molar-refractivity contribution in [3.63, 3.8) is 0 Å². The summed E-state index contributed by atoms with van der Waals surface area (Å²) in [6.45, 7) is 7.01. The highest BCUT2D eigenvalue weighted by Crippen LogP contribution is 2.31. The van der Waals surface area contributed by atoms with Crippen LogP contribution in [-0.4, -0.2) is 37.9 Å². The molecule has 1 aliphatic carbocycles. The summed E-state index contributed by atoms with van der Waals surface area (Å²) in [5, 5.41) is 1.04. The van der Waals surface area contributed by atoms with Gasteiger partial charge in [0.1, 0.15) is 5.75 Å². The van der Waals surface area contributed by atoms with E-state index in [9.17, 15) is 8.42 Å². The molecule has 0 unspecified atom stereocenters. The third kappa shape index (κ3) is 5.93. The van der Waals surface area contributed by atoms with Crippen LogP contribution in [0.2, 0.25) is 0 Å². The molecule has 1 fully saturated rings. The Labute approximate surface area is 180 Å². The van der Waals surface area contributed by atoms with Crippen LogP contribution in [0.1, 0.15) is 63.6 Å². The maximum absolute atomic E-state index is 11.8. The number of para-hydroxylation sites is 1. The van der Waals surface area contributed by atoms with Crippen molar-refractivity contribution in [2.45, 2.75) is 78.0 Å². The molecule has 1 aliphatic rings. The van der Waals surface area contributed by atoms with Crippen molar-refractivity contribution in [3.05, 3.63) is 35.5 Å². The van der Waals surface area contributed by atoms with Crippen LogP contribution in [0.4, 0.5) is 0 Å². The van der Waals surface area contributed by atoms with Gasteiger partial charge in [0.15, 0.2) is 0 Å². The van der Waals surface area contributed by atoms with Gasteiger partial charge in [0.2, 0.25) is 10.0 Å². The summed E-state index contributed by atoms with van der Waals surface area (Å²) in [5.41, 5.74) is 2.87. The zero-order valence-electron chi connectivity index (χ0n) is 18.3. The van der Waals surface area contributed by atoms with Crippen LogP contribution < -0.4 is 9.46 Å². The number of hydrogen-bond acceptors (Lipinski definition) is 5. The maximum atomic E-state index is 11.8. The van der Waals surface area contributed by atoms with E-state index in [1.807, 2.05) is 18.2 Å². The fourth-order valence-corrected chi connectivity index (χ4v) is 4.76. The quantitative estimate of drug-likeness (QED) is 0.558. The average Bonchev–Trinajstić information content (AvgIpc) is 2.75. The fraction of sp³-hybridized carbons (Fsp3) is 0.609. The second-order valence-electron chi connectivity index (χ2n) is 8.04. The minimum Gasteiger partial charge on any atom is -0.493 e. The number of unbranched alkanes of at least 4 members (excludes halogenated alkanes) is 1. The molecule has 0 radical (unpaired) electrons. The Morgan fingerprint density at radius 2 is 1.87 bits per heavy atom. The van der Waals surface area contributed by atoms with E-state index in [2.05, 4.69) is 24.6 Å². The monoisotopic (exact) mass is 434 g/mol. The smallest absolute Gasteiger partial charge is 0.211 e. The molecule has 0 saturated heterocycles. The molecule has 7 heteroatoms. The van der Waals surface area contributed by atoms with Crippen LogP contribution in [0.5, 0.6) is 5.75 Å². The van der Waals surface area contributed by atoms with E-state index in [0.29, 0.717) is 13.2 Å². The Morgan fingerprint density at radius 1 is 1.13 bits per heavy atom. The Balaban J connectivity index is 1.64. The Kier molecular flexibility index (Phi) is 8.08. The number of ether oxygens (including phenoxy) is 2. The van der Waals surface area contributed by atoms with Crippen LogP contribution in [0.3, 0.4) is 0 Å². The third-order valence-electron chi connectivity index (χ3n) is 5.78. The van der Waals surface area contributed by atoms with Crippen LogP contribution in [0.25, 0.3) is 10.9 Å². The van der Waals surface area contributed by atoms with Gasteiger partial charge < -0.3 is 9.47 Å². The van der Waals surface area contributed by atoms with Crippen LogP contribution in [0.15, 0.2) is 24.3 Å². The van der Waals surface area contributed by atoms with Gasteiger partial charge in [-0.05, 0) is 58.1 Å². The molecule has 0 spiro atoms. The molecule has 0 amide bonds. The first-order valence-electron chi connectivity index (χ1n) is 11.1. The molecule has 1 aromatic heterocycles. The van der Waals surface area contributed by atoms with Crippen LogP contribution in [-0.2, 0) is 21.4 Å². The topological polar surface area (TPSA) is 77.5 Å². The molecule has 6 nitrogen and oxygen atoms in total. The number of sulfonamides is 1. The molecule has 166 valence electrons. The number of nitrogens with zero attached hydrogens (tertiary/aromatic N) is 1. The van der Waals surface area contributed by atoms with E-state index in [4.69, 9.17) is 14.5 Å². The zero-order valence-corrected chi connectivity index (χ0v) is 19.1. The van der Waals surface area contributed by atoms with E-state index in [-0.39, 0.29) is 17.9 Å². The lowest BCUT2D eigenvalue weighted by atomic mass is 9.94. The van der Waals surface area contributed by atoms with Crippen molar-refractivity contribution >= 4 is 20.9 Å². The summed E-state index contributed by atoms with van der Waals surface area (Å²) >= 11 is 0. The maximum Gasteiger partial charge on any atom is 0.211 e. The third-order valence-corrected chi connectivity index (χ3v) is 7.23. The van der Waals surface area contributed by atoms with E-state index >= 15 is 0 Å². The molecule has 3 rings (SSSR count). The molecule has 2 aromatic rings. The highest BCUT2D eigenvalue weighted by atomic mass is 32.2. The number of aromatic nitrogens is 1. The summed E-state index contributed by atoms with van der Waals surface area (Å²) in [5.74, 6) is 1.03. The van der Waals surface area contributed by atoms with E-state index in [1.165, 1.54) is 0 Å². The number of fused-ring (bicyclic) bond motifs is 1. The predicted octanol–water partition coefficient (Wildman–Crippen LogP) is 4.49. The highest BCUT2D eigenvalue weighted by molar-refractivity contribution is 7.89. The van der Waals surface area contributed by atoms with Crippen molar-refractivity contribution in [3.8, 4) is 5.75 Å². The second-order valence-corrected chi connectivity index (χ2v) is 10.1. The standard InChI is InChI=1S/C23H34N2O4S/c1-4-6-15-28-23-17(3)22(24-21-10-8-7-9-20(21)23)16-29-19-13-11-18(12-14-19)25-30(26,27)5-2/h7-10,18-19,25H,4-6,11-16H2,1-3H3. The van der Waals surface area contributed by atoms with Gasteiger partial charge in [-0.15, -0.1) is 0 Å². The van der Waals surface area contributed by atoms with Crippen LogP contribution in [0, 0.1) is 6.92 Å². The summed E-state index contributed by atoms with van der Waals surface area (Å²) in [7, 11) is -3.15. The first kappa shape index (κ1) is 23.0. The lowest BCUT2D eigenvalue weighted by Gasteiger charge is -2.29. The molecule has 1 N–H and O–H groups in total. The van der Waals surface area contributed by atoms with Crippen molar-refractivity contribution in [2.24, 2.45) is 0 Å². The molecule has 1 heterocycles. The summed E-state index contributed by atoms with van der Waals surface area (Å²) < 4.78 is 38.6. The van der Waals surface area contributed by atoms with Gasteiger partial charge in [0, 0.05) is 17.0 Å². The van der Waals surface area contributed by atoms with Gasteiger partial charge in [0.25, 0.3) is 0 Å². The van der Waals surface area contributed by atoms with Crippen molar-refractivity contribution in [2.75, 3.05) is 12.4 Å². The van der Waals surface area contributed by atoms with Gasteiger partial charge >= 0.3 is 0 Å². The molecule has 1 aromatic carbocycles. The Morgan fingerprint density at radius 3 is 2.57 bits per heavy atom. The highest BCUT2D eigenvalue weighted by Gasteiger charge is 2.25. The zero-order chi connectivity index (χ0) is 21.6. The average molecular weight is 435 g/mol.